The van der Waals surface area contributed by atoms with Gasteiger partial charge in [-0.25, -0.2) is 4.98 Å². The Morgan fingerprint density at radius 3 is 2.67 bits per heavy atom. The molecule has 4 rings (SSSR count). The number of halogens is 3. The van der Waals surface area contributed by atoms with Crippen molar-refractivity contribution in [3.8, 4) is 0 Å². The van der Waals surface area contributed by atoms with E-state index in [0.717, 1.165) is 35.2 Å². The first-order valence-corrected chi connectivity index (χ1v) is 10.2. The standard InChI is InChI=1S/C22H23BrN4O.2ClH/c1-16(28)27(12-17-5-3-2-4-6-17)21-10-18-9-19(23)7-8-22(18)26(14-21)13-20-11-24-15-25-20;;/h2-9,11,15,21H,10,12-14H2,1H3,(H,24,25);2*1H. The van der Waals surface area contributed by atoms with Crippen molar-refractivity contribution in [3.05, 3.63) is 82.3 Å². The third-order valence-corrected chi connectivity index (χ3v) is 5.72. The number of aromatic amines is 1. The summed E-state index contributed by atoms with van der Waals surface area (Å²) in [6, 6.07) is 16.7. The number of hydrogen-bond acceptors (Lipinski definition) is 3. The first-order chi connectivity index (χ1) is 13.6. The topological polar surface area (TPSA) is 52.2 Å². The van der Waals surface area contributed by atoms with Crippen LogP contribution in [0.25, 0.3) is 0 Å². The fraction of sp³-hybridized carbons (Fsp3) is 0.273. The van der Waals surface area contributed by atoms with E-state index in [1.165, 1.54) is 11.3 Å². The van der Waals surface area contributed by atoms with Gasteiger partial charge in [0.05, 0.1) is 24.6 Å². The molecule has 2 aromatic carbocycles. The van der Waals surface area contributed by atoms with Gasteiger partial charge in [-0.1, -0.05) is 46.3 Å². The summed E-state index contributed by atoms with van der Waals surface area (Å²) >= 11 is 3.60. The minimum Gasteiger partial charge on any atom is -0.363 e. The van der Waals surface area contributed by atoms with Crippen LogP contribution in [0, 0.1) is 0 Å². The van der Waals surface area contributed by atoms with E-state index < -0.39 is 0 Å². The van der Waals surface area contributed by atoms with Crippen molar-refractivity contribution >= 4 is 52.3 Å². The molecule has 0 saturated heterocycles. The molecule has 160 valence electrons. The number of carbonyl (C=O) groups excluding carboxylic acids is 1. The van der Waals surface area contributed by atoms with Gasteiger partial charge in [-0.2, -0.15) is 0 Å². The Balaban J connectivity index is 0.00000160. The van der Waals surface area contributed by atoms with E-state index in [0.29, 0.717) is 6.54 Å². The quantitative estimate of drug-likeness (QED) is 0.524. The van der Waals surface area contributed by atoms with E-state index in [-0.39, 0.29) is 36.8 Å². The molecular weight excluding hydrogens is 487 g/mol. The Labute approximate surface area is 197 Å². The molecular formula is C22H25BrCl2N4O. The molecule has 1 aliphatic heterocycles. The Morgan fingerprint density at radius 2 is 2.00 bits per heavy atom. The van der Waals surface area contributed by atoms with Crippen LogP contribution in [-0.4, -0.2) is 33.4 Å². The van der Waals surface area contributed by atoms with Gasteiger partial charge in [0, 0.05) is 36.4 Å². The molecule has 2 heterocycles. The second-order valence-corrected chi connectivity index (χ2v) is 8.14. The average molecular weight is 512 g/mol. The molecule has 1 unspecified atom stereocenters. The van der Waals surface area contributed by atoms with E-state index in [1.54, 1.807) is 13.3 Å². The van der Waals surface area contributed by atoms with Gasteiger partial charge < -0.3 is 14.8 Å². The van der Waals surface area contributed by atoms with E-state index in [4.69, 9.17) is 0 Å². The smallest absolute Gasteiger partial charge is 0.220 e. The minimum absolute atomic E-state index is 0. The molecule has 8 heteroatoms. The second-order valence-electron chi connectivity index (χ2n) is 7.22. The van der Waals surface area contributed by atoms with Gasteiger partial charge in [-0.15, -0.1) is 24.8 Å². The fourth-order valence-electron chi connectivity index (χ4n) is 3.91. The van der Waals surface area contributed by atoms with Crippen molar-refractivity contribution in [2.75, 3.05) is 11.4 Å². The molecule has 1 atom stereocenters. The number of imidazole rings is 1. The van der Waals surface area contributed by atoms with Gasteiger partial charge in [0.15, 0.2) is 0 Å². The maximum atomic E-state index is 12.5. The van der Waals surface area contributed by atoms with Gasteiger partial charge in [0.25, 0.3) is 0 Å². The number of nitrogens with zero attached hydrogens (tertiary/aromatic N) is 3. The lowest BCUT2D eigenvalue weighted by molar-refractivity contribution is -0.131. The largest absolute Gasteiger partial charge is 0.363 e. The number of fused-ring (bicyclic) bond motifs is 1. The number of benzene rings is 2. The van der Waals surface area contributed by atoms with Crippen molar-refractivity contribution in [1.82, 2.24) is 14.9 Å². The summed E-state index contributed by atoms with van der Waals surface area (Å²) in [4.78, 5) is 24.2. The zero-order valence-corrected chi connectivity index (χ0v) is 19.8. The average Bonchev–Trinajstić information content (AvgIpc) is 3.19. The Bertz CT molecular complexity index is 953. The molecule has 0 saturated carbocycles. The summed E-state index contributed by atoms with van der Waals surface area (Å²) in [5, 5.41) is 0. The summed E-state index contributed by atoms with van der Waals surface area (Å²) in [6.07, 6.45) is 4.41. The van der Waals surface area contributed by atoms with Crippen LogP contribution in [-0.2, 0) is 24.3 Å². The lowest BCUT2D eigenvalue weighted by Gasteiger charge is -2.41. The van der Waals surface area contributed by atoms with Crippen LogP contribution in [0.1, 0.15) is 23.7 Å². The maximum absolute atomic E-state index is 12.5. The molecule has 0 radical (unpaired) electrons. The van der Waals surface area contributed by atoms with Crippen LogP contribution in [0.4, 0.5) is 5.69 Å². The van der Waals surface area contributed by atoms with E-state index in [1.807, 2.05) is 29.3 Å². The van der Waals surface area contributed by atoms with Crippen LogP contribution < -0.4 is 4.90 Å². The first kappa shape index (κ1) is 24.3. The van der Waals surface area contributed by atoms with E-state index >= 15 is 0 Å². The zero-order valence-electron chi connectivity index (χ0n) is 16.6. The lowest BCUT2D eigenvalue weighted by atomic mass is 9.96. The highest BCUT2D eigenvalue weighted by Crippen LogP contribution is 2.32. The molecule has 1 aliphatic rings. The number of anilines is 1. The fourth-order valence-corrected chi connectivity index (χ4v) is 4.32. The number of H-pyrrole nitrogens is 1. The van der Waals surface area contributed by atoms with Crippen LogP contribution in [0.3, 0.4) is 0 Å². The third-order valence-electron chi connectivity index (χ3n) is 5.23. The Hall–Kier alpha value is -2.02. The van der Waals surface area contributed by atoms with Gasteiger partial charge in [-0.05, 0) is 35.7 Å². The number of rotatable bonds is 5. The SMILES string of the molecule is CC(=O)N(Cc1ccccc1)C1Cc2cc(Br)ccc2N(Cc2cnc[nH]2)C1.Cl.Cl. The zero-order chi connectivity index (χ0) is 19.5. The van der Waals surface area contributed by atoms with Gasteiger partial charge in [0.1, 0.15) is 0 Å². The molecule has 30 heavy (non-hydrogen) atoms. The first-order valence-electron chi connectivity index (χ1n) is 9.42. The Kier molecular flexibility index (Phi) is 8.77. The van der Waals surface area contributed by atoms with Crippen molar-refractivity contribution in [1.29, 1.82) is 0 Å². The van der Waals surface area contributed by atoms with Crippen LogP contribution in [0.5, 0.6) is 0 Å². The maximum Gasteiger partial charge on any atom is 0.220 e. The number of carbonyl (C=O) groups is 1. The molecule has 0 fully saturated rings. The number of hydrogen-bond donors (Lipinski definition) is 1. The second kappa shape index (κ2) is 10.8. The Morgan fingerprint density at radius 1 is 1.23 bits per heavy atom. The van der Waals surface area contributed by atoms with Gasteiger partial charge >= 0.3 is 0 Å². The van der Waals surface area contributed by atoms with Crippen molar-refractivity contribution < 1.29 is 4.79 Å². The molecule has 0 spiro atoms. The molecule has 0 aliphatic carbocycles. The monoisotopic (exact) mass is 510 g/mol. The summed E-state index contributed by atoms with van der Waals surface area (Å²) < 4.78 is 1.06. The van der Waals surface area contributed by atoms with Crippen LogP contribution in [0.15, 0.2) is 65.5 Å². The summed E-state index contributed by atoms with van der Waals surface area (Å²) in [7, 11) is 0. The molecule has 1 aromatic heterocycles. The predicted octanol–water partition coefficient (Wildman–Crippen LogP) is 5.00. The highest BCUT2D eigenvalue weighted by Gasteiger charge is 2.30. The lowest BCUT2D eigenvalue weighted by Crippen LogP contribution is -2.49. The summed E-state index contributed by atoms with van der Waals surface area (Å²) in [5.74, 6) is 0.105. The van der Waals surface area contributed by atoms with Gasteiger partial charge in [-0.3, -0.25) is 4.79 Å². The molecule has 1 amide bonds. The van der Waals surface area contributed by atoms with Crippen molar-refractivity contribution in [2.45, 2.75) is 32.5 Å². The highest BCUT2D eigenvalue weighted by atomic mass is 79.9. The third kappa shape index (κ3) is 5.56. The summed E-state index contributed by atoms with van der Waals surface area (Å²) in [6.45, 7) is 3.82. The molecule has 5 nitrogen and oxygen atoms in total. The summed E-state index contributed by atoms with van der Waals surface area (Å²) in [5.41, 5.74) is 4.69. The van der Waals surface area contributed by atoms with Crippen molar-refractivity contribution in [2.24, 2.45) is 0 Å². The molecule has 1 N–H and O–H groups in total. The molecule has 0 bridgehead atoms. The number of nitrogens with one attached hydrogen (secondary N) is 1. The van der Waals surface area contributed by atoms with Crippen LogP contribution in [0.2, 0.25) is 0 Å². The highest BCUT2D eigenvalue weighted by molar-refractivity contribution is 9.10. The molecule has 3 aromatic rings. The normalized spacial score (nSPS) is 14.9. The van der Waals surface area contributed by atoms with Crippen LogP contribution >= 0.6 is 40.7 Å². The minimum atomic E-state index is 0. The van der Waals surface area contributed by atoms with Crippen molar-refractivity contribution in [3.63, 3.8) is 0 Å². The van der Waals surface area contributed by atoms with E-state index in [9.17, 15) is 4.79 Å². The predicted molar refractivity (Wildman–Crippen MR) is 128 cm³/mol. The van der Waals surface area contributed by atoms with Gasteiger partial charge in [0.2, 0.25) is 5.91 Å². The van der Waals surface area contributed by atoms with E-state index in [2.05, 4.69) is 61.1 Å². The number of aromatic nitrogens is 2. The number of amides is 1.